The number of benzene rings is 2. The van der Waals surface area contributed by atoms with Crippen molar-refractivity contribution in [3.8, 4) is 17.2 Å². The van der Waals surface area contributed by atoms with Crippen LogP contribution in [0.1, 0.15) is 42.8 Å². The molecular formula is C25H31NO7. The highest BCUT2D eigenvalue weighted by molar-refractivity contribution is 5.94. The summed E-state index contributed by atoms with van der Waals surface area (Å²) in [4.78, 5) is 28.2. The first-order valence-corrected chi connectivity index (χ1v) is 11.3. The number of ether oxygens (including phenoxy) is 5. The average Bonchev–Trinajstić information content (AvgIpc) is 2.85. The zero-order valence-electron chi connectivity index (χ0n) is 19.4. The van der Waals surface area contributed by atoms with Crippen LogP contribution in [0.25, 0.3) is 0 Å². The number of esters is 1. The van der Waals surface area contributed by atoms with Crippen molar-refractivity contribution in [3.63, 3.8) is 0 Å². The predicted octanol–water partition coefficient (Wildman–Crippen LogP) is 3.64. The summed E-state index contributed by atoms with van der Waals surface area (Å²) in [6.07, 6.45) is -1.07. The van der Waals surface area contributed by atoms with Gasteiger partial charge in [-0.2, -0.15) is 0 Å². The Bertz CT molecular complexity index is 899. The van der Waals surface area contributed by atoms with Crippen molar-refractivity contribution in [2.75, 3.05) is 46.1 Å². The van der Waals surface area contributed by atoms with E-state index in [4.69, 9.17) is 23.7 Å². The van der Waals surface area contributed by atoms with E-state index in [9.17, 15) is 9.59 Å². The molecule has 0 bridgehead atoms. The normalized spacial score (nSPS) is 14.3. The van der Waals surface area contributed by atoms with E-state index in [-0.39, 0.29) is 11.5 Å². The summed E-state index contributed by atoms with van der Waals surface area (Å²) in [6, 6.07) is 12.1. The second-order valence-corrected chi connectivity index (χ2v) is 7.23. The highest BCUT2D eigenvalue weighted by atomic mass is 16.6. The molecule has 1 unspecified atom stereocenters. The summed E-state index contributed by atoms with van der Waals surface area (Å²) in [5.41, 5.74) is 0.810. The first-order valence-electron chi connectivity index (χ1n) is 11.3. The van der Waals surface area contributed by atoms with Gasteiger partial charge in [-0.25, -0.2) is 4.79 Å². The van der Waals surface area contributed by atoms with Crippen molar-refractivity contribution in [1.82, 2.24) is 4.90 Å². The van der Waals surface area contributed by atoms with Gasteiger partial charge < -0.3 is 28.6 Å². The maximum absolute atomic E-state index is 13.3. The Labute approximate surface area is 194 Å². The Hall–Kier alpha value is -3.26. The number of rotatable bonds is 10. The Balaban J connectivity index is 1.93. The molecule has 0 aromatic heterocycles. The number of amides is 1. The minimum atomic E-state index is -1.07. The maximum Gasteiger partial charge on any atom is 0.339 e. The van der Waals surface area contributed by atoms with Crippen molar-refractivity contribution in [2.24, 2.45) is 0 Å². The van der Waals surface area contributed by atoms with E-state index in [1.807, 2.05) is 26.8 Å². The van der Waals surface area contributed by atoms with Crippen molar-refractivity contribution in [1.29, 1.82) is 0 Å². The van der Waals surface area contributed by atoms with Gasteiger partial charge in [0, 0.05) is 18.7 Å². The third-order valence-corrected chi connectivity index (χ3v) is 5.02. The van der Waals surface area contributed by atoms with Crippen molar-refractivity contribution >= 4 is 11.9 Å². The van der Waals surface area contributed by atoms with Crippen LogP contribution in [0.3, 0.4) is 0 Å². The Kier molecular flexibility index (Phi) is 8.95. The summed E-state index contributed by atoms with van der Waals surface area (Å²) >= 11 is 0. The molecule has 0 radical (unpaired) electrons. The molecule has 3 rings (SSSR count). The van der Waals surface area contributed by atoms with Gasteiger partial charge in [-0.15, -0.1) is 0 Å². The van der Waals surface area contributed by atoms with E-state index in [2.05, 4.69) is 0 Å². The van der Waals surface area contributed by atoms with Gasteiger partial charge >= 0.3 is 5.97 Å². The van der Waals surface area contributed by atoms with Gasteiger partial charge in [-0.05, 0) is 32.9 Å². The van der Waals surface area contributed by atoms with E-state index in [1.54, 1.807) is 41.3 Å². The van der Waals surface area contributed by atoms with Gasteiger partial charge in [0.2, 0.25) is 11.9 Å². The molecule has 1 aliphatic heterocycles. The number of hydrogen-bond donors (Lipinski definition) is 0. The Morgan fingerprint density at radius 2 is 1.48 bits per heavy atom. The van der Waals surface area contributed by atoms with Crippen LogP contribution in [0.15, 0.2) is 42.5 Å². The fraction of sp³-hybridized carbons (Fsp3) is 0.440. The molecule has 1 amide bonds. The van der Waals surface area contributed by atoms with E-state index >= 15 is 0 Å². The summed E-state index contributed by atoms with van der Waals surface area (Å²) in [5, 5.41) is 0. The number of morpholine rings is 1. The SMILES string of the molecule is CCOc1cc(C(=O)OC(C(=O)N2CCOCC2)c2ccccc2)cc(OCC)c1OCC. The molecule has 8 nitrogen and oxygen atoms in total. The van der Waals surface area contributed by atoms with Crippen LogP contribution in [0, 0.1) is 0 Å². The fourth-order valence-corrected chi connectivity index (χ4v) is 3.52. The van der Waals surface area contributed by atoms with Crippen LogP contribution in [0.5, 0.6) is 17.2 Å². The lowest BCUT2D eigenvalue weighted by Gasteiger charge is -2.30. The summed E-state index contributed by atoms with van der Waals surface area (Å²) in [5.74, 6) is 0.261. The standard InChI is InChI=1S/C25H31NO7/c1-4-30-20-16-19(17-21(31-5-2)23(20)32-6-3)25(28)33-22(18-10-8-7-9-11-18)24(27)26-12-14-29-15-13-26/h7-11,16-17,22H,4-6,12-15H2,1-3H3. The zero-order chi connectivity index (χ0) is 23.6. The fourth-order valence-electron chi connectivity index (χ4n) is 3.52. The highest BCUT2D eigenvalue weighted by Gasteiger charge is 2.31. The first kappa shape index (κ1) is 24.4. The average molecular weight is 458 g/mol. The quantitative estimate of drug-likeness (QED) is 0.504. The second kappa shape index (κ2) is 12.1. The monoisotopic (exact) mass is 457 g/mol. The van der Waals surface area contributed by atoms with Crippen molar-refractivity contribution in [3.05, 3.63) is 53.6 Å². The minimum absolute atomic E-state index is 0.209. The van der Waals surface area contributed by atoms with Crippen molar-refractivity contribution in [2.45, 2.75) is 26.9 Å². The largest absolute Gasteiger partial charge is 0.490 e. The lowest BCUT2D eigenvalue weighted by atomic mass is 10.1. The third kappa shape index (κ3) is 6.16. The summed E-state index contributed by atoms with van der Waals surface area (Å²) in [7, 11) is 0. The van der Waals surface area contributed by atoms with E-state index in [1.165, 1.54) is 0 Å². The van der Waals surface area contributed by atoms with Crippen LogP contribution < -0.4 is 14.2 Å². The van der Waals surface area contributed by atoms with Crippen molar-refractivity contribution < 1.29 is 33.3 Å². The van der Waals surface area contributed by atoms with Crippen LogP contribution in [0.4, 0.5) is 0 Å². The lowest BCUT2D eigenvalue weighted by molar-refractivity contribution is -0.145. The summed E-state index contributed by atoms with van der Waals surface area (Å²) < 4.78 is 28.2. The Morgan fingerprint density at radius 3 is 2.03 bits per heavy atom. The van der Waals surface area contributed by atoms with Crippen LogP contribution in [-0.4, -0.2) is 62.9 Å². The van der Waals surface area contributed by atoms with Crippen LogP contribution in [-0.2, 0) is 14.3 Å². The summed E-state index contributed by atoms with van der Waals surface area (Å²) in [6.45, 7) is 8.52. The van der Waals surface area contributed by atoms with Gasteiger partial charge in [0.15, 0.2) is 11.5 Å². The molecule has 2 aromatic carbocycles. The number of hydrogen-bond acceptors (Lipinski definition) is 7. The van der Waals surface area contributed by atoms with Gasteiger partial charge in [0.05, 0.1) is 38.6 Å². The Morgan fingerprint density at radius 1 is 0.909 bits per heavy atom. The molecule has 8 heteroatoms. The molecule has 1 fully saturated rings. The molecule has 1 atom stereocenters. The molecule has 0 spiro atoms. The molecule has 2 aromatic rings. The maximum atomic E-state index is 13.3. The lowest BCUT2D eigenvalue weighted by Crippen LogP contribution is -2.44. The van der Waals surface area contributed by atoms with E-state index in [0.29, 0.717) is 68.9 Å². The number of nitrogens with zero attached hydrogens (tertiary/aromatic N) is 1. The molecule has 1 heterocycles. The van der Waals surface area contributed by atoms with Gasteiger partial charge in [-0.3, -0.25) is 4.79 Å². The third-order valence-electron chi connectivity index (χ3n) is 5.02. The van der Waals surface area contributed by atoms with Crippen LogP contribution >= 0.6 is 0 Å². The van der Waals surface area contributed by atoms with Gasteiger partial charge in [0.25, 0.3) is 5.91 Å². The molecule has 0 saturated carbocycles. The van der Waals surface area contributed by atoms with Crippen LogP contribution in [0.2, 0.25) is 0 Å². The minimum Gasteiger partial charge on any atom is -0.490 e. The second-order valence-electron chi connectivity index (χ2n) is 7.23. The smallest absolute Gasteiger partial charge is 0.339 e. The molecule has 0 aliphatic carbocycles. The molecule has 1 saturated heterocycles. The molecule has 33 heavy (non-hydrogen) atoms. The predicted molar refractivity (Wildman–Crippen MR) is 122 cm³/mol. The van der Waals surface area contributed by atoms with Gasteiger partial charge in [0.1, 0.15) is 0 Å². The topological polar surface area (TPSA) is 83.5 Å². The van der Waals surface area contributed by atoms with E-state index in [0.717, 1.165) is 0 Å². The highest BCUT2D eigenvalue weighted by Crippen LogP contribution is 2.39. The zero-order valence-corrected chi connectivity index (χ0v) is 19.4. The molecule has 1 aliphatic rings. The van der Waals surface area contributed by atoms with E-state index < -0.39 is 12.1 Å². The number of carbonyl (C=O) groups is 2. The molecule has 0 N–H and O–H groups in total. The molecular weight excluding hydrogens is 426 g/mol. The number of carbonyl (C=O) groups excluding carboxylic acids is 2. The van der Waals surface area contributed by atoms with Gasteiger partial charge in [-0.1, -0.05) is 30.3 Å². The molecule has 178 valence electrons. The first-order chi connectivity index (χ1) is 16.1.